The van der Waals surface area contributed by atoms with E-state index in [1.807, 2.05) is 24.3 Å². The lowest BCUT2D eigenvalue weighted by molar-refractivity contribution is 0.109. The van der Waals surface area contributed by atoms with Crippen LogP contribution in [0, 0.1) is 0 Å². The predicted molar refractivity (Wildman–Crippen MR) is 122 cm³/mol. The minimum absolute atomic E-state index is 0.199. The number of fused-ring (bicyclic) bond motifs is 1. The Morgan fingerprint density at radius 1 is 0.800 bits per heavy atom. The van der Waals surface area contributed by atoms with Gasteiger partial charge in [-0.2, -0.15) is 0 Å². The maximum Gasteiger partial charge on any atom is 0.120 e. The zero-order chi connectivity index (χ0) is 21.0. The molecule has 0 bridgehead atoms. The highest BCUT2D eigenvalue weighted by Gasteiger charge is 2.26. The fraction of sp³-hybridized carbons (Fsp3) is 0.333. The Labute approximate surface area is 180 Å². The maximum absolute atomic E-state index is 6.22. The number of nitrogens with zero attached hydrogens (tertiary/aromatic N) is 1. The van der Waals surface area contributed by atoms with Crippen molar-refractivity contribution in [3.8, 4) is 11.5 Å². The van der Waals surface area contributed by atoms with Crippen LogP contribution in [-0.4, -0.2) is 23.1 Å². The average molecular weight is 402 g/mol. The second-order valence-corrected chi connectivity index (χ2v) is 9.01. The molecule has 1 heterocycles. The van der Waals surface area contributed by atoms with E-state index in [0.29, 0.717) is 12.6 Å². The van der Waals surface area contributed by atoms with Gasteiger partial charge in [0.1, 0.15) is 23.7 Å². The van der Waals surface area contributed by atoms with E-state index in [1.54, 1.807) is 0 Å². The van der Waals surface area contributed by atoms with Gasteiger partial charge in [-0.05, 0) is 68.1 Å². The first-order chi connectivity index (χ1) is 14.5. The minimum atomic E-state index is -0.199. The summed E-state index contributed by atoms with van der Waals surface area (Å²) in [6.07, 6.45) is 1.01. The second-order valence-electron chi connectivity index (χ2n) is 9.01. The molecule has 0 aromatic heterocycles. The van der Waals surface area contributed by atoms with Crippen LogP contribution in [0.25, 0.3) is 0 Å². The summed E-state index contributed by atoms with van der Waals surface area (Å²) in [4.78, 5) is 2.54. The standard InChI is InChI=1S/C27H31NO2/c1-27(2,3)30-26-15-13-25(14-16-26)29-20-24-17-22-11-7-8-12-23(22)19-28(24)18-21-9-5-4-6-10-21/h4-16,24H,17-20H2,1-3H3. The largest absolute Gasteiger partial charge is 0.492 e. The number of benzene rings is 3. The molecule has 156 valence electrons. The summed E-state index contributed by atoms with van der Waals surface area (Å²) < 4.78 is 12.1. The molecule has 0 radical (unpaired) electrons. The molecule has 0 spiro atoms. The van der Waals surface area contributed by atoms with Gasteiger partial charge in [-0.1, -0.05) is 54.6 Å². The molecular weight excluding hydrogens is 370 g/mol. The van der Waals surface area contributed by atoms with Crippen molar-refractivity contribution in [1.82, 2.24) is 4.90 Å². The lowest BCUT2D eigenvalue weighted by Gasteiger charge is -2.37. The molecule has 1 unspecified atom stereocenters. The average Bonchev–Trinajstić information content (AvgIpc) is 2.73. The van der Waals surface area contributed by atoms with E-state index < -0.39 is 0 Å². The van der Waals surface area contributed by atoms with Gasteiger partial charge in [0.25, 0.3) is 0 Å². The lowest BCUT2D eigenvalue weighted by Crippen LogP contribution is -2.43. The highest BCUT2D eigenvalue weighted by Crippen LogP contribution is 2.27. The maximum atomic E-state index is 6.22. The fourth-order valence-electron chi connectivity index (χ4n) is 3.96. The van der Waals surface area contributed by atoms with Gasteiger partial charge in [0, 0.05) is 19.1 Å². The van der Waals surface area contributed by atoms with Crippen LogP contribution in [0.2, 0.25) is 0 Å². The van der Waals surface area contributed by atoms with Crippen LogP contribution in [-0.2, 0) is 19.5 Å². The van der Waals surface area contributed by atoms with Crippen molar-refractivity contribution in [2.75, 3.05) is 6.61 Å². The van der Waals surface area contributed by atoms with E-state index >= 15 is 0 Å². The molecule has 0 N–H and O–H groups in total. The Morgan fingerprint density at radius 3 is 2.13 bits per heavy atom. The van der Waals surface area contributed by atoms with Crippen LogP contribution in [0.15, 0.2) is 78.9 Å². The first-order valence-corrected chi connectivity index (χ1v) is 10.7. The second kappa shape index (κ2) is 8.93. The van der Waals surface area contributed by atoms with E-state index in [1.165, 1.54) is 16.7 Å². The van der Waals surface area contributed by atoms with Crippen molar-refractivity contribution < 1.29 is 9.47 Å². The number of hydrogen-bond donors (Lipinski definition) is 0. The summed E-state index contributed by atoms with van der Waals surface area (Å²) in [7, 11) is 0. The van der Waals surface area contributed by atoms with Crippen LogP contribution in [0.1, 0.15) is 37.5 Å². The van der Waals surface area contributed by atoms with E-state index in [2.05, 4.69) is 80.3 Å². The Bertz CT molecular complexity index is 945. The van der Waals surface area contributed by atoms with Crippen LogP contribution < -0.4 is 9.47 Å². The third-order valence-electron chi connectivity index (χ3n) is 5.38. The van der Waals surface area contributed by atoms with Crippen molar-refractivity contribution in [1.29, 1.82) is 0 Å². The first kappa shape index (κ1) is 20.5. The van der Waals surface area contributed by atoms with Crippen LogP contribution in [0.3, 0.4) is 0 Å². The van der Waals surface area contributed by atoms with Gasteiger partial charge >= 0.3 is 0 Å². The van der Waals surface area contributed by atoms with Crippen LogP contribution in [0.5, 0.6) is 11.5 Å². The number of ether oxygens (including phenoxy) is 2. The van der Waals surface area contributed by atoms with Gasteiger partial charge < -0.3 is 9.47 Å². The molecule has 3 heteroatoms. The summed E-state index contributed by atoms with van der Waals surface area (Å²) in [5.41, 5.74) is 4.00. The molecule has 0 saturated heterocycles. The monoisotopic (exact) mass is 401 g/mol. The predicted octanol–water partition coefficient (Wildman–Crippen LogP) is 5.87. The van der Waals surface area contributed by atoms with Crippen molar-refractivity contribution >= 4 is 0 Å². The Morgan fingerprint density at radius 2 is 1.43 bits per heavy atom. The molecule has 30 heavy (non-hydrogen) atoms. The summed E-state index contributed by atoms with van der Waals surface area (Å²) in [6.45, 7) is 8.72. The van der Waals surface area contributed by atoms with Gasteiger partial charge in [-0.25, -0.2) is 0 Å². The van der Waals surface area contributed by atoms with Crippen LogP contribution >= 0.6 is 0 Å². The van der Waals surface area contributed by atoms with E-state index in [-0.39, 0.29) is 5.60 Å². The summed E-state index contributed by atoms with van der Waals surface area (Å²) in [5, 5.41) is 0. The van der Waals surface area contributed by atoms with Gasteiger partial charge in [-0.15, -0.1) is 0 Å². The Balaban J connectivity index is 1.45. The molecule has 3 nitrogen and oxygen atoms in total. The van der Waals surface area contributed by atoms with Gasteiger partial charge in [0.05, 0.1) is 0 Å². The molecule has 0 aliphatic carbocycles. The zero-order valence-electron chi connectivity index (χ0n) is 18.2. The molecule has 0 saturated carbocycles. The van der Waals surface area contributed by atoms with Crippen molar-refractivity contribution in [2.45, 2.75) is 51.9 Å². The molecular formula is C27H31NO2. The molecule has 1 aliphatic heterocycles. The summed E-state index contributed by atoms with van der Waals surface area (Å²) in [5.74, 6) is 1.75. The SMILES string of the molecule is CC(C)(C)Oc1ccc(OCC2Cc3ccccc3CN2Cc2ccccc2)cc1. The Hall–Kier alpha value is -2.78. The zero-order valence-corrected chi connectivity index (χ0v) is 18.2. The molecule has 0 amide bonds. The first-order valence-electron chi connectivity index (χ1n) is 10.7. The highest BCUT2D eigenvalue weighted by molar-refractivity contribution is 5.33. The topological polar surface area (TPSA) is 21.7 Å². The smallest absolute Gasteiger partial charge is 0.120 e. The number of hydrogen-bond acceptors (Lipinski definition) is 3. The molecule has 1 aliphatic rings. The van der Waals surface area contributed by atoms with E-state index in [0.717, 1.165) is 31.0 Å². The van der Waals surface area contributed by atoms with E-state index in [9.17, 15) is 0 Å². The normalized spacial score (nSPS) is 16.7. The minimum Gasteiger partial charge on any atom is -0.492 e. The summed E-state index contributed by atoms with van der Waals surface area (Å²) in [6, 6.07) is 27.8. The van der Waals surface area contributed by atoms with Gasteiger partial charge in [0.15, 0.2) is 0 Å². The third-order valence-corrected chi connectivity index (χ3v) is 5.38. The molecule has 1 atom stereocenters. The molecule has 4 rings (SSSR count). The van der Waals surface area contributed by atoms with Gasteiger partial charge in [-0.3, -0.25) is 4.90 Å². The third kappa shape index (κ3) is 5.43. The quantitative estimate of drug-likeness (QED) is 0.516. The highest BCUT2D eigenvalue weighted by atomic mass is 16.5. The lowest BCUT2D eigenvalue weighted by atomic mass is 9.94. The summed E-state index contributed by atoms with van der Waals surface area (Å²) >= 11 is 0. The fourth-order valence-corrected chi connectivity index (χ4v) is 3.96. The number of rotatable bonds is 6. The molecule has 0 fully saturated rings. The van der Waals surface area contributed by atoms with Gasteiger partial charge in [0.2, 0.25) is 0 Å². The van der Waals surface area contributed by atoms with Crippen molar-refractivity contribution in [2.24, 2.45) is 0 Å². The van der Waals surface area contributed by atoms with Crippen molar-refractivity contribution in [3.05, 3.63) is 95.6 Å². The van der Waals surface area contributed by atoms with Crippen molar-refractivity contribution in [3.63, 3.8) is 0 Å². The molecule has 3 aromatic rings. The van der Waals surface area contributed by atoms with E-state index in [4.69, 9.17) is 9.47 Å². The Kier molecular flexibility index (Phi) is 6.10. The van der Waals surface area contributed by atoms with Crippen LogP contribution in [0.4, 0.5) is 0 Å². The molecule has 3 aromatic carbocycles.